The third-order valence-corrected chi connectivity index (χ3v) is 9.44. The average molecular weight is 660 g/mol. The highest BCUT2D eigenvalue weighted by Gasteiger charge is 2.53. The number of carbonyl (C=O) groups excluding carboxylic acids is 2. The first-order valence-corrected chi connectivity index (χ1v) is 20.3. The highest BCUT2D eigenvalue weighted by molar-refractivity contribution is 6.09. The van der Waals surface area contributed by atoms with Crippen LogP contribution in [0.1, 0.15) is 194 Å². The summed E-state index contributed by atoms with van der Waals surface area (Å²) in [5, 5.41) is 0. The number of likely N-dealkylation sites (N-methyl/N-ethyl adjacent to an activating group) is 1. The second kappa shape index (κ2) is 30.7. The van der Waals surface area contributed by atoms with Crippen LogP contribution in [0.5, 0.6) is 0 Å². The quantitative estimate of drug-likeness (QED) is 0.0391. The van der Waals surface area contributed by atoms with Gasteiger partial charge in [0.1, 0.15) is 0 Å². The molecule has 1 heterocycles. The Morgan fingerprint density at radius 2 is 0.894 bits per heavy atom. The topological polar surface area (TPSA) is 55.8 Å². The van der Waals surface area contributed by atoms with Crippen molar-refractivity contribution < 1.29 is 19.1 Å². The SMILES string of the molecule is CCCCCCCC/C=C\CCCCCCCC(=O)C1(C(=O)CCCCCCC/C=C\CCCCCCCC)OCC(CN(C)C)O1. The van der Waals surface area contributed by atoms with E-state index >= 15 is 0 Å². The summed E-state index contributed by atoms with van der Waals surface area (Å²) >= 11 is 0. The Morgan fingerprint density at radius 3 is 1.26 bits per heavy atom. The van der Waals surface area contributed by atoms with Gasteiger partial charge in [-0.3, -0.25) is 9.59 Å². The molecule has 0 N–H and O–H groups in total. The van der Waals surface area contributed by atoms with Gasteiger partial charge in [0.15, 0.2) is 11.6 Å². The molecule has 0 amide bonds. The second-order valence-corrected chi connectivity index (χ2v) is 14.4. The molecule has 1 rings (SSSR count). The van der Waals surface area contributed by atoms with Crippen LogP contribution in [0.25, 0.3) is 0 Å². The van der Waals surface area contributed by atoms with Crippen molar-refractivity contribution in [2.24, 2.45) is 0 Å². The van der Waals surface area contributed by atoms with Gasteiger partial charge in [0.2, 0.25) is 0 Å². The smallest absolute Gasteiger partial charge is 0.290 e. The van der Waals surface area contributed by atoms with Gasteiger partial charge in [0.25, 0.3) is 5.79 Å². The Bertz CT molecular complexity index is 752. The monoisotopic (exact) mass is 660 g/mol. The lowest BCUT2D eigenvalue weighted by atomic mass is 9.96. The van der Waals surface area contributed by atoms with Crippen molar-refractivity contribution in [3.63, 3.8) is 0 Å². The summed E-state index contributed by atoms with van der Waals surface area (Å²) in [5.41, 5.74) is 0. The van der Waals surface area contributed by atoms with Gasteiger partial charge in [-0.15, -0.1) is 0 Å². The maximum atomic E-state index is 13.4. The molecule has 0 radical (unpaired) electrons. The Morgan fingerprint density at radius 1 is 0.553 bits per heavy atom. The molecule has 0 saturated carbocycles. The Balaban J connectivity index is 2.25. The molecule has 0 aromatic rings. The van der Waals surface area contributed by atoms with Crippen LogP contribution in [0.3, 0.4) is 0 Å². The summed E-state index contributed by atoms with van der Waals surface area (Å²) < 4.78 is 12.1. The number of nitrogens with zero attached hydrogens (tertiary/aromatic N) is 1. The van der Waals surface area contributed by atoms with Gasteiger partial charge >= 0.3 is 0 Å². The lowest BCUT2D eigenvalue weighted by molar-refractivity contribution is -0.192. The van der Waals surface area contributed by atoms with Gasteiger partial charge in [-0.2, -0.15) is 0 Å². The van der Waals surface area contributed by atoms with E-state index in [4.69, 9.17) is 9.47 Å². The molecule has 5 heteroatoms. The highest BCUT2D eigenvalue weighted by atomic mass is 16.8. The van der Waals surface area contributed by atoms with Crippen LogP contribution in [0.2, 0.25) is 0 Å². The van der Waals surface area contributed by atoms with Gasteiger partial charge < -0.3 is 14.4 Å². The van der Waals surface area contributed by atoms with Gasteiger partial charge in [0, 0.05) is 19.4 Å². The molecule has 1 unspecified atom stereocenters. The number of allylic oxidation sites excluding steroid dienone is 4. The molecule has 0 bridgehead atoms. The van der Waals surface area contributed by atoms with Crippen molar-refractivity contribution in [1.29, 1.82) is 0 Å². The fraction of sp³-hybridized carbons (Fsp3) is 0.857. The summed E-state index contributed by atoms with van der Waals surface area (Å²) in [6, 6.07) is 0. The first-order valence-electron chi connectivity index (χ1n) is 20.3. The highest BCUT2D eigenvalue weighted by Crippen LogP contribution is 2.30. The molecule has 1 fully saturated rings. The number of Topliss-reactive ketones (excluding diaryl/α,β-unsaturated/α-hetero) is 2. The lowest BCUT2D eigenvalue weighted by Gasteiger charge is -2.26. The van der Waals surface area contributed by atoms with Crippen molar-refractivity contribution in [3.05, 3.63) is 24.3 Å². The summed E-state index contributed by atoms with van der Waals surface area (Å²) in [6.07, 6.45) is 41.5. The van der Waals surface area contributed by atoms with E-state index in [0.717, 1.165) is 51.4 Å². The number of ketones is 2. The standard InChI is InChI=1S/C42H77NO4/c1-5-7-9-11-13-15-17-19-21-23-25-27-29-31-33-35-40(44)42(46-38-39(47-42)37-43(3)4)41(45)36-34-32-30-28-26-24-22-20-18-16-14-12-10-8-6-2/h19-22,39H,5-18,23-38H2,1-4H3/b21-19-,22-20-. The molecule has 5 nitrogen and oxygen atoms in total. The van der Waals surface area contributed by atoms with Crippen molar-refractivity contribution in [2.75, 3.05) is 27.2 Å². The first kappa shape index (κ1) is 43.7. The van der Waals surface area contributed by atoms with Crippen LogP contribution in [0, 0.1) is 0 Å². The number of hydrogen-bond acceptors (Lipinski definition) is 5. The van der Waals surface area contributed by atoms with Crippen molar-refractivity contribution in [3.8, 4) is 0 Å². The summed E-state index contributed by atoms with van der Waals surface area (Å²) in [4.78, 5) is 28.9. The maximum Gasteiger partial charge on any atom is 0.290 e. The van der Waals surface area contributed by atoms with Crippen LogP contribution in [0.4, 0.5) is 0 Å². The zero-order valence-electron chi connectivity index (χ0n) is 31.7. The van der Waals surface area contributed by atoms with Crippen molar-refractivity contribution >= 4 is 11.6 Å². The molecule has 1 aliphatic rings. The van der Waals surface area contributed by atoms with E-state index in [1.54, 1.807) is 0 Å². The van der Waals surface area contributed by atoms with Crippen LogP contribution >= 0.6 is 0 Å². The molecule has 1 atom stereocenters. The van der Waals surface area contributed by atoms with Gasteiger partial charge in [-0.05, 0) is 78.3 Å². The number of ether oxygens (including phenoxy) is 2. The molecule has 1 aliphatic heterocycles. The van der Waals surface area contributed by atoms with E-state index in [9.17, 15) is 9.59 Å². The van der Waals surface area contributed by atoms with Crippen LogP contribution in [0.15, 0.2) is 24.3 Å². The third kappa shape index (κ3) is 22.9. The molecule has 0 aromatic carbocycles. The molecule has 47 heavy (non-hydrogen) atoms. The second-order valence-electron chi connectivity index (χ2n) is 14.4. The first-order chi connectivity index (χ1) is 23.0. The minimum Gasteiger partial charge on any atom is -0.335 e. The van der Waals surface area contributed by atoms with Gasteiger partial charge in [-0.25, -0.2) is 0 Å². The lowest BCUT2D eigenvalue weighted by Crippen LogP contribution is -2.48. The molecular weight excluding hydrogens is 582 g/mol. The number of unbranched alkanes of at least 4 members (excludes halogenated alkanes) is 22. The minimum absolute atomic E-state index is 0.172. The fourth-order valence-electron chi connectivity index (χ4n) is 6.50. The Kier molecular flexibility index (Phi) is 28.6. The third-order valence-electron chi connectivity index (χ3n) is 9.44. The minimum atomic E-state index is -1.68. The molecular formula is C42H77NO4. The maximum absolute atomic E-state index is 13.4. The molecule has 1 saturated heterocycles. The normalized spacial score (nSPS) is 16.3. The molecule has 0 aromatic heterocycles. The van der Waals surface area contributed by atoms with Crippen LogP contribution < -0.4 is 0 Å². The van der Waals surface area contributed by atoms with E-state index in [2.05, 4.69) is 38.2 Å². The number of hydrogen-bond donors (Lipinski definition) is 0. The van der Waals surface area contributed by atoms with Crippen LogP contribution in [-0.4, -0.2) is 55.6 Å². The summed E-state index contributed by atoms with van der Waals surface area (Å²) in [6.45, 7) is 5.48. The molecule has 0 aliphatic carbocycles. The zero-order chi connectivity index (χ0) is 34.3. The van der Waals surface area contributed by atoms with E-state index < -0.39 is 5.79 Å². The van der Waals surface area contributed by atoms with Crippen LogP contribution in [-0.2, 0) is 19.1 Å². The fourth-order valence-corrected chi connectivity index (χ4v) is 6.50. The van der Waals surface area contributed by atoms with E-state index in [1.807, 2.05) is 19.0 Å². The molecule has 274 valence electrons. The Hall–Kier alpha value is -1.30. The molecule has 0 spiro atoms. The van der Waals surface area contributed by atoms with E-state index in [-0.39, 0.29) is 17.7 Å². The zero-order valence-corrected chi connectivity index (χ0v) is 31.7. The largest absolute Gasteiger partial charge is 0.335 e. The summed E-state index contributed by atoms with van der Waals surface area (Å²) in [5.74, 6) is -2.02. The van der Waals surface area contributed by atoms with Gasteiger partial charge in [-0.1, -0.05) is 141 Å². The number of carbonyl (C=O) groups is 2. The van der Waals surface area contributed by atoms with Gasteiger partial charge in [0.05, 0.1) is 12.7 Å². The Labute approximate surface area is 292 Å². The average Bonchev–Trinajstić information content (AvgIpc) is 3.49. The predicted octanol–water partition coefficient (Wildman–Crippen LogP) is 11.9. The predicted molar refractivity (Wildman–Crippen MR) is 201 cm³/mol. The number of rotatable bonds is 34. The van der Waals surface area contributed by atoms with E-state index in [0.29, 0.717) is 26.0 Å². The van der Waals surface area contributed by atoms with E-state index in [1.165, 1.54) is 116 Å². The van der Waals surface area contributed by atoms with Crippen molar-refractivity contribution in [1.82, 2.24) is 4.90 Å². The van der Waals surface area contributed by atoms with Crippen molar-refractivity contribution in [2.45, 2.75) is 206 Å². The summed E-state index contributed by atoms with van der Waals surface area (Å²) in [7, 11) is 3.95.